The summed E-state index contributed by atoms with van der Waals surface area (Å²) in [5.74, 6) is 3.66. The van der Waals surface area contributed by atoms with Crippen LogP contribution in [0.5, 0.6) is 0 Å². The number of hydrogen-bond donors (Lipinski definition) is 8. The maximum absolute atomic E-state index is 11.2. The topological polar surface area (TPSA) is 236 Å². The molecule has 1 spiro atoms. The standard InChI is InChI=1S/C43H70O16/c1-19-7-12-43(53-17-19)20(2)31-28(59-43)14-25-23-6-5-21-13-22(8-10-41(21,3)24(23)9-11-42(25,31)4)54-39-35(50)33(48)30(18-52-39)56-37-26(45)15-27(46)38(57-37)58-40-36(51)34(49)32(47)29(16-44)55-40/h19-40,44-51H,5-18H2,1-4H3. The molecule has 8 N–H and O–H groups in total. The van der Waals surface area contributed by atoms with Gasteiger partial charge in [0.05, 0.1) is 32.0 Å². The molecule has 9 fully saturated rings. The maximum atomic E-state index is 11.2. The van der Waals surface area contributed by atoms with E-state index in [1.54, 1.807) is 0 Å². The highest BCUT2D eigenvalue weighted by atomic mass is 16.8. The first-order valence-corrected chi connectivity index (χ1v) is 22.6. The average Bonchev–Trinajstić information content (AvgIpc) is 3.66. The Morgan fingerprint density at radius 1 is 0.627 bits per heavy atom. The van der Waals surface area contributed by atoms with Crippen LogP contribution in [-0.4, -0.2) is 159 Å². The summed E-state index contributed by atoms with van der Waals surface area (Å²) >= 11 is 0. The van der Waals surface area contributed by atoms with E-state index in [0.29, 0.717) is 41.4 Å². The fraction of sp³-hybridized carbons (Fsp3) is 1.00. The summed E-state index contributed by atoms with van der Waals surface area (Å²) in [5.41, 5.74) is 0.481. The number of hydrogen-bond acceptors (Lipinski definition) is 16. The lowest BCUT2D eigenvalue weighted by atomic mass is 9.44. The highest BCUT2D eigenvalue weighted by Gasteiger charge is 2.69. The Labute approximate surface area is 346 Å². The van der Waals surface area contributed by atoms with Crippen molar-refractivity contribution in [3.05, 3.63) is 0 Å². The summed E-state index contributed by atoms with van der Waals surface area (Å²) in [6.45, 7) is 9.73. The molecule has 338 valence electrons. The molecule has 5 heterocycles. The van der Waals surface area contributed by atoms with Crippen LogP contribution in [0.4, 0.5) is 0 Å². The van der Waals surface area contributed by atoms with Gasteiger partial charge in [0.2, 0.25) is 0 Å². The van der Waals surface area contributed by atoms with Crippen molar-refractivity contribution < 1.29 is 78.7 Å². The normalized spacial score (nSPS) is 58.8. The number of rotatable bonds is 7. The van der Waals surface area contributed by atoms with Crippen molar-refractivity contribution in [2.75, 3.05) is 19.8 Å². The SMILES string of the molecule is CC1CCC2(OC1)OC1CC3C4CCC5CC(OC6OCC(OC7OC(OC8OC(CO)C(O)C(O)C8O)C(O)CC7O)C(O)C6O)CCC5(C)C4CCC3(C)C1C2C. The zero-order valence-corrected chi connectivity index (χ0v) is 34.9. The number of aliphatic hydroxyl groups is 8. The molecule has 25 unspecified atom stereocenters. The van der Waals surface area contributed by atoms with Crippen LogP contribution in [0.3, 0.4) is 0 Å². The van der Waals surface area contributed by atoms with Gasteiger partial charge in [-0.2, -0.15) is 0 Å². The van der Waals surface area contributed by atoms with E-state index in [0.717, 1.165) is 45.1 Å². The van der Waals surface area contributed by atoms with Gasteiger partial charge >= 0.3 is 0 Å². The Balaban J connectivity index is 0.775. The second kappa shape index (κ2) is 16.4. The summed E-state index contributed by atoms with van der Waals surface area (Å²) in [5, 5.41) is 83.8. The summed E-state index contributed by atoms with van der Waals surface area (Å²) in [7, 11) is 0. The van der Waals surface area contributed by atoms with E-state index in [9.17, 15) is 40.9 Å². The molecule has 0 aromatic carbocycles. The summed E-state index contributed by atoms with van der Waals surface area (Å²) in [6, 6.07) is 0. The molecule has 4 saturated carbocycles. The third-order valence-corrected chi connectivity index (χ3v) is 17.5. The van der Waals surface area contributed by atoms with Crippen molar-refractivity contribution >= 4 is 0 Å². The van der Waals surface area contributed by atoms with Gasteiger partial charge in [0, 0.05) is 18.8 Å². The Bertz CT molecular complexity index is 1460. The summed E-state index contributed by atoms with van der Waals surface area (Å²) in [4.78, 5) is 0. The molecule has 0 radical (unpaired) electrons. The molecule has 0 amide bonds. The fourth-order valence-electron chi connectivity index (χ4n) is 14.1. The first-order valence-electron chi connectivity index (χ1n) is 22.6. The van der Waals surface area contributed by atoms with Gasteiger partial charge in [-0.3, -0.25) is 0 Å². The number of ether oxygens (including phenoxy) is 8. The van der Waals surface area contributed by atoms with E-state index in [1.807, 2.05) is 0 Å². The molecule has 5 aliphatic heterocycles. The van der Waals surface area contributed by atoms with Gasteiger partial charge in [-0.25, -0.2) is 0 Å². The number of aliphatic hydroxyl groups excluding tert-OH is 8. The predicted molar refractivity (Wildman–Crippen MR) is 203 cm³/mol. The van der Waals surface area contributed by atoms with Crippen molar-refractivity contribution in [2.24, 2.45) is 52.3 Å². The van der Waals surface area contributed by atoms with Crippen LogP contribution < -0.4 is 0 Å². The van der Waals surface area contributed by atoms with E-state index in [-0.39, 0.29) is 36.1 Å². The van der Waals surface area contributed by atoms with Crippen molar-refractivity contribution in [1.29, 1.82) is 0 Å². The molecular weight excluding hydrogens is 772 g/mol. The van der Waals surface area contributed by atoms with Crippen LogP contribution in [-0.2, 0) is 37.9 Å². The minimum absolute atomic E-state index is 0.136. The largest absolute Gasteiger partial charge is 0.394 e. The summed E-state index contributed by atoms with van der Waals surface area (Å²) in [6.07, 6.45) is -7.99. The number of fused-ring (bicyclic) bond motifs is 7. The Morgan fingerprint density at radius 3 is 2.08 bits per heavy atom. The average molecular weight is 843 g/mol. The van der Waals surface area contributed by atoms with Gasteiger partial charge in [0.25, 0.3) is 0 Å². The van der Waals surface area contributed by atoms with Crippen LogP contribution in [0.2, 0.25) is 0 Å². The zero-order valence-electron chi connectivity index (χ0n) is 34.9. The van der Waals surface area contributed by atoms with E-state index in [1.165, 1.54) is 25.7 Å². The van der Waals surface area contributed by atoms with Crippen LogP contribution in [0.25, 0.3) is 0 Å². The Kier molecular flexibility index (Phi) is 12.1. The van der Waals surface area contributed by atoms with Crippen molar-refractivity contribution in [1.82, 2.24) is 0 Å². The van der Waals surface area contributed by atoms with Crippen molar-refractivity contribution in [3.8, 4) is 0 Å². The molecule has 9 rings (SSSR count). The van der Waals surface area contributed by atoms with Crippen molar-refractivity contribution in [3.63, 3.8) is 0 Å². The molecule has 25 atom stereocenters. The van der Waals surface area contributed by atoms with Crippen LogP contribution in [0.15, 0.2) is 0 Å². The second-order valence-electron chi connectivity index (χ2n) is 20.6. The first kappa shape index (κ1) is 43.6. The van der Waals surface area contributed by atoms with Crippen molar-refractivity contribution in [2.45, 2.75) is 196 Å². The minimum Gasteiger partial charge on any atom is -0.394 e. The smallest absolute Gasteiger partial charge is 0.189 e. The molecule has 59 heavy (non-hydrogen) atoms. The third kappa shape index (κ3) is 7.38. The lowest BCUT2D eigenvalue weighted by Gasteiger charge is -2.61. The van der Waals surface area contributed by atoms with Gasteiger partial charge in [-0.1, -0.05) is 27.7 Å². The lowest BCUT2D eigenvalue weighted by molar-refractivity contribution is -0.397. The quantitative estimate of drug-likeness (QED) is 0.166. The molecule has 0 bridgehead atoms. The molecule has 0 aromatic rings. The van der Waals surface area contributed by atoms with Crippen LogP contribution in [0, 0.1) is 52.3 Å². The van der Waals surface area contributed by atoms with E-state index >= 15 is 0 Å². The second-order valence-corrected chi connectivity index (χ2v) is 20.6. The molecule has 0 aromatic heterocycles. The highest BCUT2D eigenvalue weighted by Crippen LogP contribution is 2.71. The lowest BCUT2D eigenvalue weighted by Crippen LogP contribution is -2.62. The van der Waals surface area contributed by atoms with Gasteiger partial charge < -0.3 is 78.7 Å². The van der Waals surface area contributed by atoms with Gasteiger partial charge in [0.15, 0.2) is 30.9 Å². The molecule has 16 nitrogen and oxygen atoms in total. The first-order chi connectivity index (χ1) is 28.1. The van der Waals surface area contributed by atoms with E-state index < -0.39 is 92.5 Å². The van der Waals surface area contributed by atoms with Crippen LogP contribution >= 0.6 is 0 Å². The Hall–Kier alpha value is -0.640. The minimum atomic E-state index is -1.74. The maximum Gasteiger partial charge on any atom is 0.189 e. The van der Waals surface area contributed by atoms with Gasteiger partial charge in [-0.05, 0) is 104 Å². The van der Waals surface area contributed by atoms with E-state index in [4.69, 9.17) is 37.9 Å². The zero-order chi connectivity index (χ0) is 41.8. The monoisotopic (exact) mass is 842 g/mol. The van der Waals surface area contributed by atoms with Crippen LogP contribution in [0.1, 0.15) is 98.3 Å². The van der Waals surface area contributed by atoms with Gasteiger partial charge in [-0.15, -0.1) is 0 Å². The predicted octanol–water partition coefficient (Wildman–Crippen LogP) is 0.892. The summed E-state index contributed by atoms with van der Waals surface area (Å²) < 4.78 is 48.4. The van der Waals surface area contributed by atoms with Gasteiger partial charge in [0.1, 0.15) is 54.9 Å². The molecular formula is C43H70O16. The third-order valence-electron chi connectivity index (χ3n) is 17.5. The molecule has 4 aliphatic carbocycles. The highest BCUT2D eigenvalue weighted by molar-refractivity contribution is 5.15. The molecule has 9 aliphatic rings. The molecule has 16 heteroatoms. The molecule has 5 saturated heterocycles. The Morgan fingerprint density at radius 2 is 1.36 bits per heavy atom. The fourth-order valence-corrected chi connectivity index (χ4v) is 14.1. The van der Waals surface area contributed by atoms with E-state index in [2.05, 4.69) is 27.7 Å².